The molecule has 0 spiro atoms. The Bertz CT molecular complexity index is 1080. The molecule has 1 heterocycles. The first-order valence-corrected chi connectivity index (χ1v) is 13.4. The third kappa shape index (κ3) is 3.20. The number of thiazole rings is 1. The van der Waals surface area contributed by atoms with Crippen LogP contribution in [0.25, 0.3) is 0 Å². The highest BCUT2D eigenvalue weighted by Crippen LogP contribution is 2.64. The van der Waals surface area contributed by atoms with Gasteiger partial charge in [-0.3, -0.25) is 0 Å². The standard InChI is InChI=1S/C27H33ClN2OS/c1-26-10-8-19(31)13-17(26)6-7-20-21(26)9-11-27(2)22(20)14-23-24(27)30-25(32-23)29-15-16-4-3-5-18(28)12-16/h3-6,12,19-22,31H,7-11,13-15H2,1-2H3,(H,29,30). The van der Waals surface area contributed by atoms with Gasteiger partial charge in [0.25, 0.3) is 0 Å². The second kappa shape index (κ2) is 7.58. The fourth-order valence-corrected chi connectivity index (χ4v) is 9.03. The van der Waals surface area contributed by atoms with Crippen molar-refractivity contribution in [1.29, 1.82) is 0 Å². The van der Waals surface area contributed by atoms with Gasteiger partial charge in [0.05, 0.1) is 11.8 Å². The number of hydrogen-bond acceptors (Lipinski definition) is 4. The molecule has 2 N–H and O–H groups in total. The Labute approximate surface area is 200 Å². The molecule has 1 aromatic heterocycles. The Balaban J connectivity index is 1.23. The van der Waals surface area contributed by atoms with Crippen LogP contribution in [-0.4, -0.2) is 16.2 Å². The van der Waals surface area contributed by atoms with Gasteiger partial charge in [-0.25, -0.2) is 4.98 Å². The van der Waals surface area contributed by atoms with Crippen LogP contribution in [0.2, 0.25) is 5.02 Å². The van der Waals surface area contributed by atoms with Gasteiger partial charge in [0, 0.05) is 21.9 Å². The van der Waals surface area contributed by atoms with Gasteiger partial charge in [0.2, 0.25) is 0 Å². The lowest BCUT2D eigenvalue weighted by Crippen LogP contribution is -2.51. The molecule has 5 heteroatoms. The number of allylic oxidation sites excluding steroid dienone is 1. The Morgan fingerprint density at radius 3 is 2.84 bits per heavy atom. The minimum absolute atomic E-state index is 0.125. The maximum Gasteiger partial charge on any atom is 0.183 e. The van der Waals surface area contributed by atoms with Crippen molar-refractivity contribution >= 4 is 28.1 Å². The predicted octanol–water partition coefficient (Wildman–Crippen LogP) is 6.75. The highest BCUT2D eigenvalue weighted by Gasteiger charge is 2.58. The van der Waals surface area contributed by atoms with Crippen LogP contribution in [0.15, 0.2) is 35.9 Å². The van der Waals surface area contributed by atoms with Crippen LogP contribution in [0.5, 0.6) is 0 Å². The first kappa shape index (κ1) is 21.2. The zero-order valence-corrected chi connectivity index (χ0v) is 20.6. The van der Waals surface area contributed by atoms with Gasteiger partial charge in [-0.15, -0.1) is 11.3 Å². The van der Waals surface area contributed by atoms with Crippen molar-refractivity contribution in [3.63, 3.8) is 0 Å². The molecule has 0 saturated heterocycles. The third-order valence-corrected chi connectivity index (χ3v) is 10.7. The lowest BCUT2D eigenvalue weighted by atomic mass is 9.48. The first-order chi connectivity index (χ1) is 15.4. The Morgan fingerprint density at radius 2 is 2.00 bits per heavy atom. The molecular weight excluding hydrogens is 436 g/mol. The molecule has 32 heavy (non-hydrogen) atoms. The summed E-state index contributed by atoms with van der Waals surface area (Å²) in [6, 6.07) is 8.04. The fourth-order valence-electron chi connectivity index (χ4n) is 7.67. The molecule has 2 aromatic rings. The van der Waals surface area contributed by atoms with E-state index in [0.29, 0.717) is 11.3 Å². The number of halogens is 1. The molecule has 1 aromatic carbocycles. The number of anilines is 1. The smallest absolute Gasteiger partial charge is 0.183 e. The number of hydrogen-bond donors (Lipinski definition) is 2. The van der Waals surface area contributed by atoms with E-state index in [4.69, 9.17) is 16.6 Å². The van der Waals surface area contributed by atoms with Gasteiger partial charge in [-0.1, -0.05) is 49.2 Å². The summed E-state index contributed by atoms with van der Waals surface area (Å²) in [5.41, 5.74) is 4.63. The average molecular weight is 469 g/mol. The lowest BCUT2D eigenvalue weighted by molar-refractivity contribution is -0.0169. The van der Waals surface area contributed by atoms with Crippen LogP contribution in [0.4, 0.5) is 5.13 Å². The van der Waals surface area contributed by atoms with Crippen molar-refractivity contribution in [2.75, 3.05) is 5.32 Å². The summed E-state index contributed by atoms with van der Waals surface area (Å²) in [5.74, 6) is 2.22. The van der Waals surface area contributed by atoms with Crippen molar-refractivity contribution in [3.05, 3.63) is 57.1 Å². The largest absolute Gasteiger partial charge is 0.393 e. The van der Waals surface area contributed by atoms with E-state index < -0.39 is 0 Å². The predicted molar refractivity (Wildman–Crippen MR) is 132 cm³/mol. The zero-order valence-electron chi connectivity index (χ0n) is 19.0. The SMILES string of the molecule is CC12CCC(O)CC1=CCC1C2CCC2(C)c3nc(NCc4cccc(Cl)c4)sc3CC12. The Kier molecular flexibility index (Phi) is 5.02. The zero-order chi connectivity index (χ0) is 22.1. The number of nitrogens with zero attached hydrogens (tertiary/aromatic N) is 1. The topological polar surface area (TPSA) is 45.2 Å². The molecule has 4 aliphatic carbocycles. The van der Waals surface area contributed by atoms with E-state index in [1.807, 2.05) is 29.5 Å². The number of benzene rings is 1. The normalized spacial score (nSPS) is 37.7. The number of aromatic nitrogens is 1. The minimum Gasteiger partial charge on any atom is -0.393 e. The van der Waals surface area contributed by atoms with Crippen LogP contribution in [-0.2, 0) is 18.4 Å². The molecule has 4 aliphatic rings. The molecule has 6 unspecified atom stereocenters. The van der Waals surface area contributed by atoms with Gasteiger partial charge >= 0.3 is 0 Å². The molecule has 170 valence electrons. The summed E-state index contributed by atoms with van der Waals surface area (Å²) in [5, 5.41) is 15.6. The lowest BCUT2D eigenvalue weighted by Gasteiger charge is -2.57. The number of aliphatic hydroxyl groups excluding tert-OH is 1. The van der Waals surface area contributed by atoms with Gasteiger partial charge in [-0.2, -0.15) is 0 Å². The van der Waals surface area contributed by atoms with Crippen LogP contribution in [0.1, 0.15) is 68.5 Å². The summed E-state index contributed by atoms with van der Waals surface area (Å²) in [7, 11) is 0. The highest BCUT2D eigenvalue weighted by molar-refractivity contribution is 7.15. The molecule has 6 rings (SSSR count). The number of nitrogens with one attached hydrogen (secondary N) is 1. The molecule has 6 atom stereocenters. The third-order valence-electron chi connectivity index (χ3n) is 9.44. The minimum atomic E-state index is -0.125. The van der Waals surface area contributed by atoms with E-state index >= 15 is 0 Å². The molecule has 0 amide bonds. The number of aliphatic hydroxyl groups is 1. The summed E-state index contributed by atoms with van der Waals surface area (Å²) < 4.78 is 0. The maximum atomic E-state index is 10.2. The summed E-state index contributed by atoms with van der Waals surface area (Å²) in [4.78, 5) is 6.66. The maximum absolute atomic E-state index is 10.2. The van der Waals surface area contributed by atoms with Crippen LogP contribution in [0, 0.1) is 23.2 Å². The van der Waals surface area contributed by atoms with Crippen molar-refractivity contribution in [2.24, 2.45) is 23.2 Å². The molecule has 0 bridgehead atoms. The number of rotatable bonds is 3. The first-order valence-electron chi connectivity index (χ1n) is 12.2. The van der Waals surface area contributed by atoms with E-state index in [9.17, 15) is 5.11 Å². The van der Waals surface area contributed by atoms with Gasteiger partial charge in [0.1, 0.15) is 0 Å². The Morgan fingerprint density at radius 1 is 1.16 bits per heavy atom. The highest BCUT2D eigenvalue weighted by atomic mass is 35.5. The molecular formula is C27H33ClN2OS. The summed E-state index contributed by atoms with van der Waals surface area (Å²) in [6.45, 7) is 5.76. The van der Waals surface area contributed by atoms with E-state index in [1.54, 1.807) is 5.57 Å². The van der Waals surface area contributed by atoms with Crippen molar-refractivity contribution in [3.8, 4) is 0 Å². The van der Waals surface area contributed by atoms with Crippen molar-refractivity contribution in [1.82, 2.24) is 4.98 Å². The average Bonchev–Trinajstić information content (AvgIpc) is 3.29. The van der Waals surface area contributed by atoms with Crippen LogP contribution >= 0.6 is 22.9 Å². The van der Waals surface area contributed by atoms with Crippen LogP contribution in [0.3, 0.4) is 0 Å². The molecule has 0 radical (unpaired) electrons. The quantitative estimate of drug-likeness (QED) is 0.490. The molecule has 2 saturated carbocycles. The van der Waals surface area contributed by atoms with E-state index in [-0.39, 0.29) is 11.5 Å². The van der Waals surface area contributed by atoms with E-state index in [0.717, 1.165) is 47.8 Å². The second-order valence-corrected chi connectivity index (χ2v) is 12.6. The number of fused-ring (bicyclic) bond motifs is 7. The van der Waals surface area contributed by atoms with E-state index in [2.05, 4.69) is 31.3 Å². The van der Waals surface area contributed by atoms with Gasteiger partial charge in [0.15, 0.2) is 5.13 Å². The Hall–Kier alpha value is -1.36. The molecule has 2 fully saturated rings. The molecule has 3 nitrogen and oxygen atoms in total. The van der Waals surface area contributed by atoms with Gasteiger partial charge < -0.3 is 10.4 Å². The second-order valence-electron chi connectivity index (χ2n) is 11.1. The van der Waals surface area contributed by atoms with E-state index in [1.165, 1.54) is 41.8 Å². The fraction of sp³-hybridized carbons (Fsp3) is 0.593. The monoisotopic (exact) mass is 468 g/mol. The molecule has 0 aliphatic heterocycles. The van der Waals surface area contributed by atoms with Crippen molar-refractivity contribution < 1.29 is 5.11 Å². The van der Waals surface area contributed by atoms with Crippen molar-refractivity contribution in [2.45, 2.75) is 76.9 Å². The van der Waals surface area contributed by atoms with Crippen LogP contribution < -0.4 is 5.32 Å². The summed E-state index contributed by atoms with van der Waals surface area (Å²) >= 11 is 8.01. The van der Waals surface area contributed by atoms with Gasteiger partial charge in [-0.05, 0) is 85.8 Å². The summed E-state index contributed by atoms with van der Waals surface area (Å²) in [6.07, 6.45) is 10.3.